The van der Waals surface area contributed by atoms with Crippen molar-refractivity contribution in [1.29, 1.82) is 5.26 Å². The second-order valence-electron chi connectivity index (χ2n) is 5.58. The molecule has 0 aliphatic heterocycles. The molecule has 0 spiro atoms. The Balaban J connectivity index is 0.00000450. The number of pyridine rings is 1. The minimum absolute atomic E-state index is 0. The van der Waals surface area contributed by atoms with E-state index >= 15 is 0 Å². The van der Waals surface area contributed by atoms with Gasteiger partial charge in [-0.2, -0.15) is 27.2 Å². The van der Waals surface area contributed by atoms with Crippen molar-refractivity contribution in [3.8, 4) is 11.9 Å². The van der Waals surface area contributed by atoms with Crippen molar-refractivity contribution in [2.45, 2.75) is 24.1 Å². The zero-order valence-electron chi connectivity index (χ0n) is 15.7. The molecule has 155 valence electrons. The second-order valence-corrected chi connectivity index (χ2v) is 8.46. The summed E-state index contributed by atoms with van der Waals surface area (Å²) < 4.78 is 63.5. The van der Waals surface area contributed by atoms with Crippen LogP contribution in [-0.4, -0.2) is 65.2 Å². The van der Waals surface area contributed by atoms with Crippen LogP contribution in [0, 0.1) is 11.3 Å². The van der Waals surface area contributed by atoms with E-state index in [0.29, 0.717) is 0 Å². The molecule has 2 aromatic rings. The molecule has 0 unspecified atom stereocenters. The van der Waals surface area contributed by atoms with E-state index in [9.17, 15) is 32.0 Å². The van der Waals surface area contributed by atoms with E-state index in [4.69, 9.17) is 9.11 Å². The average molecular weight is 465 g/mol. The van der Waals surface area contributed by atoms with Crippen molar-refractivity contribution < 1.29 is 31.0 Å². The van der Waals surface area contributed by atoms with Gasteiger partial charge in [-0.1, -0.05) is 0 Å². The van der Waals surface area contributed by atoms with Crippen molar-refractivity contribution in [2.24, 2.45) is 10.2 Å². The molecule has 1 radical (unpaired) electrons. The molecule has 0 bridgehead atoms. The van der Waals surface area contributed by atoms with E-state index in [1.54, 1.807) is 6.07 Å². The Morgan fingerprint density at radius 2 is 1.67 bits per heavy atom. The summed E-state index contributed by atoms with van der Waals surface area (Å²) in [4.78, 5) is 12.1. The molecule has 1 aromatic heterocycles. The normalized spacial score (nSPS) is 11.8. The van der Waals surface area contributed by atoms with E-state index in [1.165, 1.54) is 6.92 Å². The second kappa shape index (κ2) is 9.79. The largest absolute Gasteiger partial charge is 0.493 e. The number of rotatable bonds is 6. The first-order chi connectivity index (χ1) is 13.4. The summed E-state index contributed by atoms with van der Waals surface area (Å²) >= 11 is 0. The van der Waals surface area contributed by atoms with E-state index in [0.717, 1.165) is 28.8 Å². The number of aromatic nitrogens is 1. The standard InChI is InChI=1S/C15H14N4O8S2.Na/c1-2-19-14(20)11(7-16)12(8-28(22,23)24)13(15(19)21)18-17-9-3-5-10(6-4-9)29(25,26)27;/h3-6,20H,2,8H2,1H3,(H,22,23,24)(H,25,26,27);. The molecule has 12 nitrogen and oxygen atoms in total. The van der Waals surface area contributed by atoms with Crippen LogP contribution in [0.4, 0.5) is 11.4 Å². The number of hydrogen-bond donors (Lipinski definition) is 3. The fraction of sp³-hybridized carbons (Fsp3) is 0.200. The van der Waals surface area contributed by atoms with Crippen LogP contribution in [0.2, 0.25) is 0 Å². The van der Waals surface area contributed by atoms with Gasteiger partial charge in [0.25, 0.3) is 25.8 Å². The number of hydrogen-bond acceptors (Lipinski definition) is 9. The smallest absolute Gasteiger partial charge is 0.294 e. The van der Waals surface area contributed by atoms with Gasteiger partial charge in [0.15, 0.2) is 5.69 Å². The first kappa shape index (κ1) is 25.9. The summed E-state index contributed by atoms with van der Waals surface area (Å²) in [5.74, 6) is -1.95. The number of nitrogens with zero attached hydrogens (tertiary/aromatic N) is 4. The van der Waals surface area contributed by atoms with Gasteiger partial charge in [-0.3, -0.25) is 18.5 Å². The van der Waals surface area contributed by atoms with Crippen molar-refractivity contribution in [3.63, 3.8) is 0 Å². The van der Waals surface area contributed by atoms with Crippen LogP contribution < -0.4 is 5.56 Å². The van der Waals surface area contributed by atoms with Gasteiger partial charge in [-0.15, -0.1) is 5.11 Å². The maximum Gasteiger partial charge on any atom is 0.294 e. The minimum Gasteiger partial charge on any atom is -0.493 e. The van der Waals surface area contributed by atoms with Gasteiger partial charge in [0.1, 0.15) is 17.4 Å². The zero-order valence-corrected chi connectivity index (χ0v) is 19.3. The van der Waals surface area contributed by atoms with E-state index in [1.807, 2.05) is 0 Å². The summed E-state index contributed by atoms with van der Waals surface area (Å²) in [6, 6.07) is 5.91. The van der Waals surface area contributed by atoms with Gasteiger partial charge in [0.2, 0.25) is 5.88 Å². The van der Waals surface area contributed by atoms with Crippen LogP contribution in [0.15, 0.2) is 44.2 Å². The van der Waals surface area contributed by atoms with Gasteiger partial charge in [0.05, 0.1) is 10.6 Å². The maximum absolute atomic E-state index is 12.6. The number of azo groups is 1. The molecular formula is C15H14N4NaO8S2. The molecule has 15 heteroatoms. The number of nitriles is 1. The van der Waals surface area contributed by atoms with E-state index < -0.39 is 59.1 Å². The number of aromatic hydroxyl groups is 1. The molecule has 0 fully saturated rings. The first-order valence-corrected chi connectivity index (χ1v) is 10.8. The Morgan fingerprint density at radius 1 is 1.10 bits per heavy atom. The molecule has 0 saturated carbocycles. The van der Waals surface area contributed by atoms with E-state index in [2.05, 4.69) is 10.2 Å². The van der Waals surface area contributed by atoms with Crippen LogP contribution >= 0.6 is 0 Å². The average Bonchev–Trinajstić information content (AvgIpc) is 2.60. The van der Waals surface area contributed by atoms with Crippen LogP contribution in [0.5, 0.6) is 5.88 Å². The van der Waals surface area contributed by atoms with E-state index in [-0.39, 0.29) is 41.8 Å². The summed E-state index contributed by atoms with van der Waals surface area (Å²) in [6.45, 7) is 1.41. The first-order valence-electron chi connectivity index (χ1n) is 7.72. The maximum atomic E-state index is 12.6. The predicted octanol–water partition coefficient (Wildman–Crippen LogP) is 1.11. The quantitative estimate of drug-likeness (QED) is 0.317. The van der Waals surface area contributed by atoms with Crippen LogP contribution in [-0.2, 0) is 32.5 Å². The fourth-order valence-corrected chi connectivity index (χ4v) is 3.50. The fourth-order valence-electron chi connectivity index (χ4n) is 2.37. The third-order valence-electron chi connectivity index (χ3n) is 3.67. The summed E-state index contributed by atoms with van der Waals surface area (Å²) in [5, 5.41) is 26.7. The minimum atomic E-state index is -4.70. The Kier molecular flexibility index (Phi) is 8.46. The molecule has 0 aliphatic rings. The van der Waals surface area contributed by atoms with Crippen molar-refractivity contribution in [3.05, 3.63) is 45.7 Å². The van der Waals surface area contributed by atoms with Crippen molar-refractivity contribution in [2.75, 3.05) is 0 Å². The summed E-state index contributed by atoms with van der Waals surface area (Å²) in [5.41, 5.74) is -2.64. The van der Waals surface area contributed by atoms with Gasteiger partial charge in [0, 0.05) is 41.7 Å². The van der Waals surface area contributed by atoms with Crippen LogP contribution in [0.3, 0.4) is 0 Å². The monoisotopic (exact) mass is 465 g/mol. The molecule has 0 amide bonds. The van der Waals surface area contributed by atoms with Crippen LogP contribution in [0.1, 0.15) is 18.1 Å². The molecular weight excluding hydrogens is 451 g/mol. The van der Waals surface area contributed by atoms with Crippen molar-refractivity contribution >= 4 is 61.2 Å². The molecule has 0 atom stereocenters. The Labute approximate surface area is 193 Å². The predicted molar refractivity (Wildman–Crippen MR) is 104 cm³/mol. The Morgan fingerprint density at radius 3 is 2.10 bits per heavy atom. The summed E-state index contributed by atoms with van der Waals surface area (Å²) in [6.07, 6.45) is 0. The van der Waals surface area contributed by atoms with Crippen molar-refractivity contribution in [1.82, 2.24) is 4.57 Å². The Bertz CT molecular complexity index is 1290. The molecule has 0 saturated heterocycles. The summed E-state index contributed by atoms with van der Waals surface area (Å²) in [7, 11) is -9.12. The van der Waals surface area contributed by atoms with Gasteiger partial charge < -0.3 is 5.11 Å². The topological polar surface area (TPSA) is 199 Å². The molecule has 2 rings (SSSR count). The molecule has 30 heavy (non-hydrogen) atoms. The third kappa shape index (κ3) is 5.95. The number of benzene rings is 1. The SMILES string of the molecule is CCn1c(O)c(C#N)c(CS(=O)(=O)O)c(N=Nc2ccc(S(=O)(=O)O)cc2)c1=O.[Na]. The van der Waals surface area contributed by atoms with Gasteiger partial charge in [-0.25, -0.2) is 0 Å². The van der Waals surface area contributed by atoms with Gasteiger partial charge in [-0.05, 0) is 31.2 Å². The van der Waals surface area contributed by atoms with Gasteiger partial charge >= 0.3 is 0 Å². The van der Waals surface area contributed by atoms with Crippen LogP contribution in [0.25, 0.3) is 0 Å². The molecule has 3 N–H and O–H groups in total. The third-order valence-corrected chi connectivity index (χ3v) is 5.19. The molecule has 0 aliphatic carbocycles. The molecule has 1 aromatic carbocycles. The molecule has 1 heterocycles. The zero-order chi connectivity index (χ0) is 22.0. The Hall–Kier alpha value is -2.12.